The second kappa shape index (κ2) is 8.53. The Bertz CT molecular complexity index is 1040. The summed E-state index contributed by atoms with van der Waals surface area (Å²) < 4.78 is 17.0. The number of amides is 1. The molecule has 7 heteroatoms. The number of hydrogen-bond acceptors (Lipinski definition) is 6. The molecule has 1 N–H and O–H groups in total. The van der Waals surface area contributed by atoms with Gasteiger partial charge in [0.2, 0.25) is 0 Å². The van der Waals surface area contributed by atoms with Crippen LogP contribution >= 0.6 is 0 Å². The Kier molecular flexibility index (Phi) is 5.44. The van der Waals surface area contributed by atoms with Gasteiger partial charge in [0.05, 0.1) is 25.2 Å². The SMILES string of the molecule is O=C(CC1O/C(=C2/C(=O)Nc3ccccc32)c2ccccc21)OCCN1CCOCC1. The number of anilines is 1. The standard InChI is InChI=1S/C24H24N2O5/c27-21(30-14-11-26-9-12-29-13-10-26)15-20-16-5-1-2-6-17(16)23(31-20)22-18-7-3-4-8-19(18)25-24(22)28/h1-8,20H,9-15H2,(H,25,28)/b23-22+. The van der Waals surface area contributed by atoms with Crippen LogP contribution in [0.1, 0.15) is 29.2 Å². The highest BCUT2D eigenvalue weighted by Gasteiger charge is 2.37. The van der Waals surface area contributed by atoms with Crippen molar-refractivity contribution in [3.8, 4) is 0 Å². The van der Waals surface area contributed by atoms with Crippen molar-refractivity contribution in [1.82, 2.24) is 4.90 Å². The first kappa shape index (κ1) is 19.8. The number of benzene rings is 2. The van der Waals surface area contributed by atoms with Crippen LogP contribution in [0.3, 0.4) is 0 Å². The molecule has 1 fully saturated rings. The van der Waals surface area contributed by atoms with Crippen LogP contribution in [0.15, 0.2) is 48.5 Å². The first-order valence-electron chi connectivity index (χ1n) is 10.6. The van der Waals surface area contributed by atoms with Gasteiger partial charge >= 0.3 is 5.97 Å². The van der Waals surface area contributed by atoms with E-state index in [4.69, 9.17) is 14.2 Å². The van der Waals surface area contributed by atoms with E-state index in [0.29, 0.717) is 24.5 Å². The predicted octanol–water partition coefficient (Wildman–Crippen LogP) is 2.84. The first-order chi connectivity index (χ1) is 15.2. The van der Waals surface area contributed by atoms with Crippen molar-refractivity contribution in [3.63, 3.8) is 0 Å². The van der Waals surface area contributed by atoms with Crippen LogP contribution in [-0.2, 0) is 23.8 Å². The van der Waals surface area contributed by atoms with Crippen LogP contribution in [-0.4, -0.2) is 56.2 Å². The molecular formula is C24H24N2O5. The van der Waals surface area contributed by atoms with Gasteiger partial charge in [-0.3, -0.25) is 14.5 Å². The molecule has 0 spiro atoms. The van der Waals surface area contributed by atoms with E-state index < -0.39 is 6.10 Å². The minimum absolute atomic E-state index is 0.0974. The van der Waals surface area contributed by atoms with Crippen molar-refractivity contribution in [2.45, 2.75) is 12.5 Å². The molecular weight excluding hydrogens is 396 g/mol. The molecule has 1 saturated heterocycles. The maximum atomic E-state index is 12.7. The van der Waals surface area contributed by atoms with Gasteiger partial charge in [-0.1, -0.05) is 42.5 Å². The molecule has 0 saturated carbocycles. The Labute approximate surface area is 180 Å². The molecule has 1 unspecified atom stereocenters. The summed E-state index contributed by atoms with van der Waals surface area (Å²) in [7, 11) is 0. The number of esters is 1. The Morgan fingerprint density at radius 1 is 1.06 bits per heavy atom. The number of nitrogens with one attached hydrogen (secondary N) is 1. The monoisotopic (exact) mass is 420 g/mol. The van der Waals surface area contributed by atoms with Gasteiger partial charge in [-0.2, -0.15) is 0 Å². The summed E-state index contributed by atoms with van der Waals surface area (Å²) in [4.78, 5) is 27.4. The smallest absolute Gasteiger partial charge is 0.309 e. The lowest BCUT2D eigenvalue weighted by molar-refractivity contribution is -0.146. The molecule has 160 valence electrons. The van der Waals surface area contributed by atoms with Gasteiger partial charge in [0, 0.05) is 42.0 Å². The van der Waals surface area contributed by atoms with Crippen molar-refractivity contribution in [2.24, 2.45) is 0 Å². The summed E-state index contributed by atoms with van der Waals surface area (Å²) in [6, 6.07) is 15.2. The van der Waals surface area contributed by atoms with Crippen molar-refractivity contribution in [1.29, 1.82) is 0 Å². The molecule has 2 aromatic carbocycles. The summed E-state index contributed by atoms with van der Waals surface area (Å²) >= 11 is 0. The van der Waals surface area contributed by atoms with Crippen molar-refractivity contribution in [2.75, 3.05) is 44.8 Å². The number of rotatable bonds is 5. The lowest BCUT2D eigenvalue weighted by Gasteiger charge is -2.26. The molecule has 0 radical (unpaired) electrons. The summed E-state index contributed by atoms with van der Waals surface area (Å²) in [5.41, 5.74) is 3.82. The zero-order valence-electron chi connectivity index (χ0n) is 17.1. The number of nitrogens with zero attached hydrogens (tertiary/aromatic N) is 1. The maximum absolute atomic E-state index is 12.7. The first-order valence-corrected chi connectivity index (χ1v) is 10.6. The minimum atomic E-state index is -0.477. The normalized spacial score (nSPS) is 22.5. The topological polar surface area (TPSA) is 77.1 Å². The summed E-state index contributed by atoms with van der Waals surface area (Å²) in [6.45, 7) is 4.19. The average molecular weight is 420 g/mol. The van der Waals surface area contributed by atoms with E-state index in [1.54, 1.807) is 0 Å². The largest absolute Gasteiger partial charge is 0.484 e. The fourth-order valence-electron chi connectivity index (χ4n) is 4.27. The van der Waals surface area contributed by atoms with Gasteiger partial charge in [-0.25, -0.2) is 0 Å². The Hall–Kier alpha value is -3.16. The number of para-hydroxylation sites is 1. The number of ether oxygens (including phenoxy) is 3. The second-order valence-corrected chi connectivity index (χ2v) is 7.78. The van der Waals surface area contributed by atoms with Crippen LogP contribution in [0.4, 0.5) is 5.69 Å². The van der Waals surface area contributed by atoms with Crippen LogP contribution in [0.5, 0.6) is 0 Å². The number of hydrogen-bond donors (Lipinski definition) is 1. The van der Waals surface area contributed by atoms with E-state index in [-0.39, 0.29) is 18.3 Å². The molecule has 7 nitrogen and oxygen atoms in total. The Morgan fingerprint density at radius 3 is 2.65 bits per heavy atom. The van der Waals surface area contributed by atoms with E-state index in [1.807, 2.05) is 48.5 Å². The maximum Gasteiger partial charge on any atom is 0.309 e. The Balaban J connectivity index is 1.31. The van der Waals surface area contributed by atoms with Crippen molar-refractivity contribution >= 4 is 28.9 Å². The number of carbonyl (C=O) groups is 2. The molecule has 1 atom stereocenters. The molecule has 5 rings (SSSR count). The number of fused-ring (bicyclic) bond motifs is 2. The van der Waals surface area contributed by atoms with Crippen molar-refractivity contribution in [3.05, 3.63) is 65.2 Å². The van der Waals surface area contributed by atoms with Crippen LogP contribution in [0.25, 0.3) is 11.3 Å². The van der Waals surface area contributed by atoms with Crippen molar-refractivity contribution < 1.29 is 23.8 Å². The zero-order valence-corrected chi connectivity index (χ0v) is 17.1. The zero-order chi connectivity index (χ0) is 21.2. The van der Waals surface area contributed by atoms with Gasteiger partial charge in [-0.15, -0.1) is 0 Å². The van der Waals surface area contributed by atoms with Gasteiger partial charge in [0.15, 0.2) is 0 Å². The van der Waals surface area contributed by atoms with Crippen LogP contribution in [0.2, 0.25) is 0 Å². The average Bonchev–Trinajstić information content (AvgIpc) is 3.31. The predicted molar refractivity (Wildman–Crippen MR) is 115 cm³/mol. The minimum Gasteiger partial charge on any atom is -0.484 e. The molecule has 3 aliphatic rings. The van der Waals surface area contributed by atoms with E-state index in [1.165, 1.54) is 0 Å². The molecule has 0 bridgehead atoms. The molecule has 0 aliphatic carbocycles. The molecule has 2 aromatic rings. The highest BCUT2D eigenvalue weighted by atomic mass is 16.5. The lowest BCUT2D eigenvalue weighted by atomic mass is 9.98. The second-order valence-electron chi connectivity index (χ2n) is 7.78. The molecule has 3 aliphatic heterocycles. The summed E-state index contributed by atoms with van der Waals surface area (Å²) in [6.07, 6.45) is -0.379. The van der Waals surface area contributed by atoms with E-state index in [0.717, 1.165) is 48.7 Å². The molecule has 1 amide bonds. The van der Waals surface area contributed by atoms with Crippen LogP contribution in [0, 0.1) is 0 Å². The summed E-state index contributed by atoms with van der Waals surface area (Å²) in [5.74, 6) is 0.0134. The lowest BCUT2D eigenvalue weighted by Crippen LogP contribution is -2.38. The van der Waals surface area contributed by atoms with E-state index >= 15 is 0 Å². The van der Waals surface area contributed by atoms with Gasteiger partial charge in [-0.05, 0) is 6.07 Å². The summed E-state index contributed by atoms with van der Waals surface area (Å²) in [5, 5.41) is 2.89. The van der Waals surface area contributed by atoms with E-state index in [9.17, 15) is 9.59 Å². The van der Waals surface area contributed by atoms with Crippen LogP contribution < -0.4 is 5.32 Å². The van der Waals surface area contributed by atoms with E-state index in [2.05, 4.69) is 10.2 Å². The highest BCUT2D eigenvalue weighted by molar-refractivity contribution is 6.36. The number of carbonyl (C=O) groups excluding carboxylic acids is 2. The highest BCUT2D eigenvalue weighted by Crippen LogP contribution is 2.46. The van der Waals surface area contributed by atoms with Gasteiger partial charge < -0.3 is 19.5 Å². The molecule has 0 aromatic heterocycles. The van der Waals surface area contributed by atoms with Gasteiger partial charge in [0.25, 0.3) is 5.91 Å². The fraction of sp³-hybridized carbons (Fsp3) is 0.333. The third kappa shape index (κ3) is 3.94. The Morgan fingerprint density at radius 2 is 1.81 bits per heavy atom. The third-order valence-electron chi connectivity index (χ3n) is 5.84. The van der Waals surface area contributed by atoms with Gasteiger partial charge in [0.1, 0.15) is 18.5 Å². The molecule has 31 heavy (non-hydrogen) atoms. The fourth-order valence-corrected chi connectivity index (χ4v) is 4.27. The third-order valence-corrected chi connectivity index (χ3v) is 5.84. The quantitative estimate of drug-likeness (QED) is 0.592. The molecule has 3 heterocycles. The number of morpholine rings is 1.